The highest BCUT2D eigenvalue weighted by Crippen LogP contribution is 2.17. The van der Waals surface area contributed by atoms with Crippen LogP contribution >= 0.6 is 23.2 Å². The van der Waals surface area contributed by atoms with Crippen molar-refractivity contribution in [1.29, 1.82) is 0 Å². The zero-order valence-electron chi connectivity index (χ0n) is 15.0. The standard InChI is InChI=1S/C21H22Cl2N2O2/c22-17-7-4-15(5-8-17)6-9-20(26)24-19-10-12-25(13-11-19)21(27)16-2-1-3-18(23)14-16/h1-5,7-8,14,19H,6,9-13H2,(H,24,26). The predicted molar refractivity (Wildman–Crippen MR) is 108 cm³/mol. The Morgan fingerprint density at radius 3 is 2.37 bits per heavy atom. The topological polar surface area (TPSA) is 49.4 Å². The van der Waals surface area contributed by atoms with Crippen molar-refractivity contribution in [2.24, 2.45) is 0 Å². The first kappa shape index (κ1) is 19.7. The van der Waals surface area contributed by atoms with E-state index in [4.69, 9.17) is 23.2 Å². The van der Waals surface area contributed by atoms with Gasteiger partial charge in [0.05, 0.1) is 0 Å². The summed E-state index contributed by atoms with van der Waals surface area (Å²) in [5, 5.41) is 4.34. The zero-order valence-corrected chi connectivity index (χ0v) is 16.5. The van der Waals surface area contributed by atoms with Crippen LogP contribution in [0.3, 0.4) is 0 Å². The van der Waals surface area contributed by atoms with E-state index < -0.39 is 0 Å². The number of hydrogen-bond acceptors (Lipinski definition) is 2. The van der Waals surface area contributed by atoms with Gasteiger partial charge in [-0.1, -0.05) is 41.4 Å². The number of carbonyl (C=O) groups excluding carboxylic acids is 2. The smallest absolute Gasteiger partial charge is 0.253 e. The van der Waals surface area contributed by atoms with Gasteiger partial charge in [-0.3, -0.25) is 9.59 Å². The van der Waals surface area contributed by atoms with Crippen LogP contribution in [0.2, 0.25) is 10.0 Å². The number of rotatable bonds is 5. The molecule has 0 bridgehead atoms. The van der Waals surface area contributed by atoms with Crippen LogP contribution in [0.1, 0.15) is 35.2 Å². The first-order valence-electron chi connectivity index (χ1n) is 9.10. The Labute approximate surface area is 169 Å². The Balaban J connectivity index is 1.43. The molecule has 1 fully saturated rings. The number of nitrogens with one attached hydrogen (secondary N) is 1. The van der Waals surface area contributed by atoms with Crippen molar-refractivity contribution in [1.82, 2.24) is 10.2 Å². The predicted octanol–water partition coefficient (Wildman–Crippen LogP) is 4.35. The van der Waals surface area contributed by atoms with E-state index in [0.717, 1.165) is 18.4 Å². The molecule has 142 valence electrons. The second-order valence-corrected chi connectivity index (χ2v) is 7.64. The maximum absolute atomic E-state index is 12.5. The molecule has 1 aliphatic heterocycles. The minimum absolute atomic E-state index is 0.00925. The number of hydrogen-bond donors (Lipinski definition) is 1. The summed E-state index contributed by atoms with van der Waals surface area (Å²) in [6.45, 7) is 1.26. The third-order valence-electron chi connectivity index (χ3n) is 4.77. The summed E-state index contributed by atoms with van der Waals surface area (Å²) in [6, 6.07) is 14.7. The van der Waals surface area contributed by atoms with E-state index in [1.165, 1.54) is 0 Å². The lowest BCUT2D eigenvalue weighted by molar-refractivity contribution is -0.122. The molecule has 6 heteroatoms. The summed E-state index contributed by atoms with van der Waals surface area (Å²) in [6.07, 6.45) is 2.66. The van der Waals surface area contributed by atoms with Gasteiger partial charge in [0.1, 0.15) is 0 Å². The van der Waals surface area contributed by atoms with Gasteiger partial charge in [0.25, 0.3) is 5.91 Å². The minimum Gasteiger partial charge on any atom is -0.353 e. The highest BCUT2D eigenvalue weighted by atomic mass is 35.5. The quantitative estimate of drug-likeness (QED) is 0.804. The molecule has 1 saturated heterocycles. The van der Waals surface area contributed by atoms with E-state index in [2.05, 4.69) is 5.32 Å². The van der Waals surface area contributed by atoms with Crippen LogP contribution < -0.4 is 5.32 Å². The van der Waals surface area contributed by atoms with Crippen LogP contribution in [0.15, 0.2) is 48.5 Å². The van der Waals surface area contributed by atoms with Gasteiger partial charge < -0.3 is 10.2 Å². The molecule has 1 heterocycles. The fraction of sp³-hybridized carbons (Fsp3) is 0.333. The van der Waals surface area contributed by atoms with Crippen molar-refractivity contribution in [3.05, 3.63) is 69.7 Å². The zero-order chi connectivity index (χ0) is 19.2. The molecule has 0 aromatic heterocycles. The maximum atomic E-state index is 12.5. The molecule has 3 rings (SSSR count). The van der Waals surface area contributed by atoms with Crippen LogP contribution in [-0.2, 0) is 11.2 Å². The molecule has 2 aromatic carbocycles. The summed E-state index contributed by atoms with van der Waals surface area (Å²) in [7, 11) is 0. The molecule has 27 heavy (non-hydrogen) atoms. The largest absolute Gasteiger partial charge is 0.353 e. The maximum Gasteiger partial charge on any atom is 0.253 e. The van der Waals surface area contributed by atoms with Crippen molar-refractivity contribution < 1.29 is 9.59 Å². The lowest BCUT2D eigenvalue weighted by atomic mass is 10.0. The first-order valence-corrected chi connectivity index (χ1v) is 9.85. The van der Waals surface area contributed by atoms with Crippen LogP contribution in [0.4, 0.5) is 0 Å². The Hall–Kier alpha value is -2.04. The van der Waals surface area contributed by atoms with Gasteiger partial charge in [0, 0.05) is 41.2 Å². The second kappa shape index (κ2) is 9.25. The number of amides is 2. The number of benzene rings is 2. The minimum atomic E-state index is -0.00925. The van der Waals surface area contributed by atoms with E-state index in [9.17, 15) is 9.59 Å². The Morgan fingerprint density at radius 1 is 1.00 bits per heavy atom. The molecule has 1 aliphatic rings. The van der Waals surface area contributed by atoms with E-state index >= 15 is 0 Å². The molecule has 0 aliphatic carbocycles. The van der Waals surface area contributed by atoms with E-state index in [0.29, 0.717) is 41.5 Å². The first-order chi connectivity index (χ1) is 13.0. The summed E-state index contributed by atoms with van der Waals surface area (Å²) in [4.78, 5) is 26.5. The molecule has 4 nitrogen and oxygen atoms in total. The van der Waals surface area contributed by atoms with Gasteiger partial charge in [0.2, 0.25) is 5.91 Å². The number of likely N-dealkylation sites (tertiary alicyclic amines) is 1. The van der Waals surface area contributed by atoms with Crippen molar-refractivity contribution in [2.75, 3.05) is 13.1 Å². The Bertz CT molecular complexity index is 800. The monoisotopic (exact) mass is 404 g/mol. The normalized spacial score (nSPS) is 14.8. The lowest BCUT2D eigenvalue weighted by Crippen LogP contribution is -2.46. The van der Waals surface area contributed by atoms with E-state index in [1.54, 1.807) is 24.3 Å². The van der Waals surface area contributed by atoms with Crippen LogP contribution in [0.5, 0.6) is 0 Å². The van der Waals surface area contributed by atoms with Crippen LogP contribution in [-0.4, -0.2) is 35.8 Å². The molecule has 2 aromatic rings. The molecule has 0 spiro atoms. The summed E-state index contributed by atoms with van der Waals surface area (Å²) >= 11 is 11.8. The lowest BCUT2D eigenvalue weighted by Gasteiger charge is -2.32. The third kappa shape index (κ3) is 5.72. The second-order valence-electron chi connectivity index (χ2n) is 6.77. The number of nitrogens with zero attached hydrogens (tertiary/aromatic N) is 1. The molecular weight excluding hydrogens is 383 g/mol. The molecule has 0 radical (unpaired) electrons. The van der Waals surface area contributed by atoms with Gasteiger partial charge in [-0.15, -0.1) is 0 Å². The Kier molecular flexibility index (Phi) is 6.75. The molecule has 0 atom stereocenters. The highest BCUT2D eigenvalue weighted by molar-refractivity contribution is 6.31. The molecular formula is C21H22Cl2N2O2. The third-order valence-corrected chi connectivity index (χ3v) is 5.26. The SMILES string of the molecule is O=C(CCc1ccc(Cl)cc1)NC1CCN(C(=O)c2cccc(Cl)c2)CC1. The van der Waals surface area contributed by atoms with E-state index in [1.807, 2.05) is 29.2 Å². The van der Waals surface area contributed by atoms with Gasteiger partial charge in [-0.05, 0) is 55.2 Å². The van der Waals surface area contributed by atoms with Gasteiger partial charge >= 0.3 is 0 Å². The molecule has 2 amide bonds. The summed E-state index contributed by atoms with van der Waals surface area (Å²) in [5.74, 6) is 0.0367. The van der Waals surface area contributed by atoms with Crippen molar-refractivity contribution in [3.63, 3.8) is 0 Å². The van der Waals surface area contributed by atoms with Crippen molar-refractivity contribution >= 4 is 35.0 Å². The number of piperidine rings is 1. The Morgan fingerprint density at radius 2 is 1.70 bits per heavy atom. The van der Waals surface area contributed by atoms with Crippen LogP contribution in [0.25, 0.3) is 0 Å². The average molecular weight is 405 g/mol. The van der Waals surface area contributed by atoms with Crippen LogP contribution in [0, 0.1) is 0 Å². The van der Waals surface area contributed by atoms with Crippen molar-refractivity contribution in [2.45, 2.75) is 31.7 Å². The van der Waals surface area contributed by atoms with Crippen molar-refractivity contribution in [3.8, 4) is 0 Å². The molecule has 0 saturated carbocycles. The molecule has 1 N–H and O–H groups in total. The number of halogens is 2. The number of aryl methyl sites for hydroxylation is 1. The summed E-state index contributed by atoms with van der Waals surface area (Å²) < 4.78 is 0. The summed E-state index contributed by atoms with van der Waals surface area (Å²) in [5.41, 5.74) is 1.70. The van der Waals surface area contributed by atoms with E-state index in [-0.39, 0.29) is 17.9 Å². The van der Waals surface area contributed by atoms with Gasteiger partial charge in [-0.2, -0.15) is 0 Å². The molecule has 0 unspecified atom stereocenters. The number of carbonyl (C=O) groups is 2. The highest BCUT2D eigenvalue weighted by Gasteiger charge is 2.24. The fourth-order valence-corrected chi connectivity index (χ4v) is 3.56. The average Bonchev–Trinajstić information content (AvgIpc) is 2.67. The van der Waals surface area contributed by atoms with Gasteiger partial charge in [0.15, 0.2) is 0 Å². The fourth-order valence-electron chi connectivity index (χ4n) is 3.24. The van der Waals surface area contributed by atoms with Gasteiger partial charge in [-0.25, -0.2) is 0 Å².